The first-order chi connectivity index (χ1) is 14.2. The minimum Gasteiger partial charge on any atom is -0.467 e. The van der Waals surface area contributed by atoms with Crippen LogP contribution in [0.4, 0.5) is 9.59 Å². The maximum Gasteiger partial charge on any atom is 0.419 e. The Balaban J connectivity index is 2.42. The summed E-state index contributed by atoms with van der Waals surface area (Å²) in [5.41, 5.74) is -0.269. The van der Waals surface area contributed by atoms with Gasteiger partial charge in [-0.25, -0.2) is 14.4 Å². The van der Waals surface area contributed by atoms with Gasteiger partial charge in [0, 0.05) is 23.0 Å². The van der Waals surface area contributed by atoms with E-state index in [1.165, 1.54) is 11.7 Å². The molecule has 8 nitrogen and oxygen atoms in total. The van der Waals surface area contributed by atoms with Crippen molar-refractivity contribution in [1.82, 2.24) is 9.88 Å². The highest BCUT2D eigenvalue weighted by molar-refractivity contribution is 6.31. The number of nitrogens with zero attached hydrogens (tertiary/aromatic N) is 1. The minimum atomic E-state index is -1.02. The molecule has 0 fully saturated rings. The number of benzene rings is 1. The van der Waals surface area contributed by atoms with Crippen molar-refractivity contribution in [3.63, 3.8) is 0 Å². The van der Waals surface area contributed by atoms with Crippen molar-refractivity contribution in [2.75, 3.05) is 7.11 Å². The van der Waals surface area contributed by atoms with Gasteiger partial charge in [0.15, 0.2) is 0 Å². The molecule has 1 aromatic carbocycles. The van der Waals surface area contributed by atoms with Crippen molar-refractivity contribution in [2.45, 2.75) is 65.2 Å². The Hall–Kier alpha value is -2.74. The average molecular weight is 453 g/mol. The van der Waals surface area contributed by atoms with Crippen molar-refractivity contribution >= 4 is 40.7 Å². The molecule has 1 heterocycles. The number of rotatable bonds is 4. The van der Waals surface area contributed by atoms with E-state index >= 15 is 0 Å². The van der Waals surface area contributed by atoms with Crippen LogP contribution in [0.1, 0.15) is 47.1 Å². The van der Waals surface area contributed by atoms with E-state index in [9.17, 15) is 14.4 Å². The number of esters is 1. The van der Waals surface area contributed by atoms with Gasteiger partial charge in [-0.3, -0.25) is 4.57 Å². The van der Waals surface area contributed by atoms with E-state index in [-0.39, 0.29) is 6.42 Å². The number of amides is 1. The Kier molecular flexibility index (Phi) is 7.26. The molecule has 1 atom stereocenters. The van der Waals surface area contributed by atoms with Gasteiger partial charge in [0.05, 0.1) is 12.6 Å². The topological polar surface area (TPSA) is 95.9 Å². The van der Waals surface area contributed by atoms with Gasteiger partial charge in [0.2, 0.25) is 0 Å². The fraction of sp³-hybridized carbons (Fsp3) is 0.500. The molecule has 1 aromatic heterocycles. The Bertz CT molecular complexity index is 984. The number of carbonyl (C=O) groups is 3. The van der Waals surface area contributed by atoms with E-state index in [4.69, 9.17) is 25.8 Å². The van der Waals surface area contributed by atoms with Gasteiger partial charge >= 0.3 is 18.2 Å². The van der Waals surface area contributed by atoms with Crippen LogP contribution in [0.3, 0.4) is 0 Å². The third-order valence-electron chi connectivity index (χ3n) is 4.04. The van der Waals surface area contributed by atoms with Crippen molar-refractivity contribution in [1.29, 1.82) is 0 Å². The number of alkyl carbamates (subject to hydrolysis) is 1. The molecular formula is C22H29ClN2O6. The maximum atomic E-state index is 12.7. The lowest BCUT2D eigenvalue weighted by molar-refractivity contribution is -0.143. The molecule has 1 amide bonds. The van der Waals surface area contributed by atoms with E-state index in [0.717, 1.165) is 0 Å². The molecule has 0 radical (unpaired) electrons. The van der Waals surface area contributed by atoms with Gasteiger partial charge in [-0.15, -0.1) is 0 Å². The Morgan fingerprint density at radius 2 is 1.68 bits per heavy atom. The molecule has 0 unspecified atom stereocenters. The number of hydrogen-bond acceptors (Lipinski definition) is 6. The van der Waals surface area contributed by atoms with E-state index in [1.807, 2.05) is 0 Å². The molecule has 0 spiro atoms. The number of ether oxygens (including phenoxy) is 3. The first kappa shape index (κ1) is 24.5. The summed E-state index contributed by atoms with van der Waals surface area (Å²) in [6, 6.07) is 4.05. The number of methoxy groups -OCH3 is 1. The molecule has 0 saturated carbocycles. The van der Waals surface area contributed by atoms with Crippen LogP contribution in [-0.2, 0) is 25.4 Å². The van der Waals surface area contributed by atoms with E-state index in [0.29, 0.717) is 21.5 Å². The smallest absolute Gasteiger partial charge is 0.419 e. The number of nitrogens with one attached hydrogen (secondary N) is 1. The van der Waals surface area contributed by atoms with Gasteiger partial charge in [-0.05, 0) is 59.2 Å². The van der Waals surface area contributed by atoms with Crippen LogP contribution in [0, 0.1) is 0 Å². The van der Waals surface area contributed by atoms with E-state index < -0.39 is 35.4 Å². The summed E-state index contributed by atoms with van der Waals surface area (Å²) in [5.74, 6) is -0.641. The highest BCUT2D eigenvalue weighted by Crippen LogP contribution is 2.27. The van der Waals surface area contributed by atoms with Crippen molar-refractivity contribution in [2.24, 2.45) is 0 Å². The van der Waals surface area contributed by atoms with Gasteiger partial charge in [0.1, 0.15) is 17.2 Å². The van der Waals surface area contributed by atoms with Gasteiger partial charge < -0.3 is 19.5 Å². The molecular weight excluding hydrogens is 424 g/mol. The first-order valence-corrected chi connectivity index (χ1v) is 10.2. The zero-order valence-corrected chi connectivity index (χ0v) is 19.6. The molecule has 0 bridgehead atoms. The van der Waals surface area contributed by atoms with Crippen molar-refractivity contribution in [3.05, 3.63) is 35.0 Å². The summed E-state index contributed by atoms with van der Waals surface area (Å²) in [5, 5.41) is 3.67. The highest BCUT2D eigenvalue weighted by atomic mass is 35.5. The van der Waals surface area contributed by atoms with Crippen LogP contribution in [0.5, 0.6) is 0 Å². The van der Waals surface area contributed by atoms with Crippen LogP contribution in [0.15, 0.2) is 24.4 Å². The second-order valence-corrected chi connectivity index (χ2v) is 9.53. The Labute approximate surface area is 186 Å². The monoisotopic (exact) mass is 452 g/mol. The SMILES string of the molecule is COC(=O)[C@H](Cc1cn(C(=O)OC(C)(C)C)c2cc(Cl)ccc12)NC(=O)OC(C)(C)C. The zero-order valence-electron chi connectivity index (χ0n) is 18.9. The number of aromatic nitrogens is 1. The summed E-state index contributed by atoms with van der Waals surface area (Å²) in [4.78, 5) is 37.3. The Morgan fingerprint density at radius 1 is 1.06 bits per heavy atom. The van der Waals surface area contributed by atoms with Crippen LogP contribution in [-0.4, -0.2) is 47.1 Å². The fourth-order valence-corrected chi connectivity index (χ4v) is 3.07. The number of halogens is 1. The molecule has 2 rings (SSSR count). The Morgan fingerprint density at radius 3 is 2.23 bits per heavy atom. The summed E-state index contributed by atoms with van der Waals surface area (Å²) in [7, 11) is 1.23. The fourth-order valence-electron chi connectivity index (χ4n) is 2.90. The first-order valence-electron chi connectivity index (χ1n) is 9.80. The average Bonchev–Trinajstić information content (AvgIpc) is 2.95. The molecule has 170 valence electrons. The quantitative estimate of drug-likeness (QED) is 0.534. The molecule has 0 aliphatic heterocycles. The molecule has 9 heteroatoms. The highest BCUT2D eigenvalue weighted by Gasteiger charge is 2.28. The second kappa shape index (κ2) is 9.18. The molecule has 2 aromatic rings. The molecule has 0 aliphatic rings. The van der Waals surface area contributed by atoms with E-state index in [2.05, 4.69) is 5.32 Å². The van der Waals surface area contributed by atoms with Crippen LogP contribution < -0.4 is 5.32 Å². The van der Waals surface area contributed by atoms with Crippen LogP contribution in [0.25, 0.3) is 10.9 Å². The third kappa shape index (κ3) is 6.89. The molecule has 0 saturated heterocycles. The van der Waals surface area contributed by atoms with Gasteiger partial charge in [-0.1, -0.05) is 17.7 Å². The number of fused-ring (bicyclic) bond motifs is 1. The number of hydrogen-bond donors (Lipinski definition) is 1. The van der Waals surface area contributed by atoms with E-state index in [1.54, 1.807) is 65.9 Å². The maximum absolute atomic E-state index is 12.7. The van der Waals surface area contributed by atoms with Crippen molar-refractivity contribution in [3.8, 4) is 0 Å². The lowest BCUT2D eigenvalue weighted by atomic mass is 10.1. The van der Waals surface area contributed by atoms with Crippen molar-refractivity contribution < 1.29 is 28.6 Å². The van der Waals surface area contributed by atoms with Crippen LogP contribution in [0.2, 0.25) is 5.02 Å². The molecule has 1 N–H and O–H groups in total. The summed E-state index contributed by atoms with van der Waals surface area (Å²) < 4.78 is 16.9. The predicted molar refractivity (Wildman–Crippen MR) is 117 cm³/mol. The number of carbonyl (C=O) groups excluding carboxylic acids is 3. The predicted octanol–water partition coefficient (Wildman–Crippen LogP) is 4.69. The zero-order chi connectivity index (χ0) is 23.6. The standard InChI is InChI=1S/C22H29ClN2O6/c1-21(2,3)30-19(27)24-16(18(26)29-7)10-13-12-25(20(28)31-22(4,5)6)17-11-14(23)8-9-15(13)17/h8-9,11-12,16H,10H2,1-7H3,(H,24,27)/t16-/m0/s1. The molecule has 0 aliphatic carbocycles. The minimum absolute atomic E-state index is 0.0693. The normalized spacial score (nSPS) is 12.9. The van der Waals surface area contributed by atoms with Crippen LogP contribution >= 0.6 is 11.6 Å². The molecule has 31 heavy (non-hydrogen) atoms. The summed E-state index contributed by atoms with van der Waals surface area (Å²) in [6.07, 6.45) is 0.310. The largest absolute Gasteiger partial charge is 0.467 e. The summed E-state index contributed by atoms with van der Waals surface area (Å²) >= 11 is 6.13. The lowest BCUT2D eigenvalue weighted by Gasteiger charge is -2.22. The lowest BCUT2D eigenvalue weighted by Crippen LogP contribution is -2.45. The summed E-state index contributed by atoms with van der Waals surface area (Å²) in [6.45, 7) is 10.5. The van der Waals surface area contributed by atoms with Gasteiger partial charge in [0.25, 0.3) is 0 Å². The second-order valence-electron chi connectivity index (χ2n) is 9.09. The third-order valence-corrected chi connectivity index (χ3v) is 4.28. The van der Waals surface area contributed by atoms with Gasteiger partial charge in [-0.2, -0.15) is 0 Å².